The van der Waals surface area contributed by atoms with E-state index >= 15 is 0 Å². The van der Waals surface area contributed by atoms with E-state index in [0.29, 0.717) is 5.57 Å². The van der Waals surface area contributed by atoms with Gasteiger partial charge in [0.25, 0.3) is 0 Å². The fourth-order valence-corrected chi connectivity index (χ4v) is 6.95. The van der Waals surface area contributed by atoms with Gasteiger partial charge in [0.15, 0.2) is 17.3 Å². The molecule has 12 heteroatoms. The third kappa shape index (κ3) is 3.95. The Morgan fingerprint density at radius 2 is 1.47 bits per heavy atom. The van der Waals surface area contributed by atoms with Crippen LogP contribution in [0.1, 0.15) is 61.3 Å². The van der Waals surface area contributed by atoms with E-state index < -0.39 is 88.6 Å². The van der Waals surface area contributed by atoms with Gasteiger partial charge in [-0.25, -0.2) is 4.79 Å². The van der Waals surface area contributed by atoms with Crippen molar-refractivity contribution in [2.75, 3.05) is 0 Å². The van der Waals surface area contributed by atoms with Crippen LogP contribution in [0.2, 0.25) is 0 Å². The SMILES string of the molecule is CC(=O)O[C@H]1C[C@@H](OC(C)=O)/C(C)=C\[C@@H]2OC(=O)[C@]3(C)O[C@]23[C@@H](O)[C@H]2[C@](C)(O)[C@@H](O)C[C@H](OC(C)=O)[C@]12C. The van der Waals surface area contributed by atoms with Crippen molar-refractivity contribution in [3.8, 4) is 0 Å². The lowest BCUT2D eigenvalue weighted by atomic mass is 9.51. The summed E-state index contributed by atoms with van der Waals surface area (Å²) < 4.78 is 28.5. The lowest BCUT2D eigenvalue weighted by molar-refractivity contribution is -0.272. The topological polar surface area (TPSA) is 178 Å². The summed E-state index contributed by atoms with van der Waals surface area (Å²) in [7, 11) is 0. The van der Waals surface area contributed by atoms with Crippen molar-refractivity contribution in [1.29, 1.82) is 0 Å². The Morgan fingerprint density at radius 3 is 1.97 bits per heavy atom. The van der Waals surface area contributed by atoms with E-state index in [0.717, 1.165) is 0 Å². The molecule has 1 saturated carbocycles. The molecule has 0 amide bonds. The first-order chi connectivity index (χ1) is 17.4. The molecule has 3 N–H and O–H groups in total. The third-order valence-corrected chi connectivity index (χ3v) is 8.95. The first-order valence-corrected chi connectivity index (χ1v) is 12.6. The fourth-order valence-electron chi connectivity index (χ4n) is 6.95. The summed E-state index contributed by atoms with van der Waals surface area (Å²) in [5.74, 6) is -4.17. The Kier molecular flexibility index (Phi) is 6.75. The van der Waals surface area contributed by atoms with Crippen molar-refractivity contribution in [2.45, 2.75) is 115 Å². The van der Waals surface area contributed by atoms with Gasteiger partial charge in [-0.15, -0.1) is 0 Å². The molecule has 0 bridgehead atoms. The molecular weight excluding hydrogens is 504 g/mol. The van der Waals surface area contributed by atoms with Crippen LogP contribution in [0.15, 0.2) is 11.6 Å². The van der Waals surface area contributed by atoms with Crippen molar-refractivity contribution in [2.24, 2.45) is 11.3 Å². The number of epoxide rings is 1. The number of esters is 4. The molecule has 2 saturated heterocycles. The van der Waals surface area contributed by atoms with Crippen LogP contribution in [0.4, 0.5) is 0 Å². The van der Waals surface area contributed by atoms with E-state index in [4.69, 9.17) is 23.7 Å². The number of fused-ring (bicyclic) bond motifs is 1. The molecule has 0 aromatic carbocycles. The zero-order valence-electron chi connectivity index (χ0n) is 22.5. The number of hydrogen-bond acceptors (Lipinski definition) is 12. The highest BCUT2D eigenvalue weighted by molar-refractivity contribution is 5.89. The summed E-state index contributed by atoms with van der Waals surface area (Å²) >= 11 is 0. The Balaban J connectivity index is 2.01. The minimum absolute atomic E-state index is 0.142. The maximum absolute atomic E-state index is 12.9. The van der Waals surface area contributed by atoms with Crippen LogP contribution in [0.5, 0.6) is 0 Å². The van der Waals surface area contributed by atoms with Gasteiger partial charge >= 0.3 is 23.9 Å². The lowest BCUT2D eigenvalue weighted by Gasteiger charge is -2.59. The summed E-state index contributed by atoms with van der Waals surface area (Å²) in [5, 5.41) is 34.9. The van der Waals surface area contributed by atoms with Gasteiger partial charge in [0.2, 0.25) is 0 Å². The molecule has 0 aromatic heterocycles. The average molecular weight is 541 g/mol. The van der Waals surface area contributed by atoms with Gasteiger partial charge < -0.3 is 39.0 Å². The predicted octanol–water partition coefficient (Wildman–Crippen LogP) is 0.0836. The van der Waals surface area contributed by atoms with Crippen LogP contribution in [0.3, 0.4) is 0 Å². The summed E-state index contributed by atoms with van der Waals surface area (Å²) in [5.41, 5.74) is -6.46. The number of ether oxygens (including phenoxy) is 5. The highest BCUT2D eigenvalue weighted by atomic mass is 16.7. The molecule has 0 unspecified atom stereocenters. The van der Waals surface area contributed by atoms with Gasteiger partial charge in [0.05, 0.1) is 23.2 Å². The number of carbonyl (C=O) groups is 4. The Labute approximate surface area is 220 Å². The molecule has 4 rings (SSSR count). The van der Waals surface area contributed by atoms with Crippen molar-refractivity contribution in [3.05, 3.63) is 11.6 Å². The minimum Gasteiger partial charge on any atom is -0.462 e. The average Bonchev–Trinajstić information content (AvgIpc) is 3.36. The Bertz CT molecular complexity index is 1080. The number of rotatable bonds is 3. The quantitative estimate of drug-likeness (QED) is 0.190. The van der Waals surface area contributed by atoms with Crippen molar-refractivity contribution in [3.63, 3.8) is 0 Å². The molecule has 1 spiro atoms. The third-order valence-electron chi connectivity index (χ3n) is 8.95. The number of aliphatic hydroxyl groups excluding tert-OH is 2. The standard InChI is InChI=1S/C26H36O12/c1-11-8-19-26(25(7,38-26)22(32)37-19)21(31)20-23(5,17(35-13(3)28)9-15(11)34-12(2)27)18(36-14(4)29)10-16(30)24(20,6)33/h8,15-21,30-31,33H,9-10H2,1-7H3/b11-8-/t15-,16+,17+,18+,19+,20-,21+,23+,24-,25+,26+/m1/s1. The van der Waals surface area contributed by atoms with E-state index in [1.807, 2.05) is 0 Å². The van der Waals surface area contributed by atoms with Crippen molar-refractivity contribution >= 4 is 23.9 Å². The largest absolute Gasteiger partial charge is 0.462 e. The summed E-state index contributed by atoms with van der Waals surface area (Å²) in [6.07, 6.45) is -6.53. The molecule has 0 aromatic rings. The first kappa shape index (κ1) is 28.5. The molecule has 2 aliphatic carbocycles. The molecule has 11 atom stereocenters. The summed E-state index contributed by atoms with van der Waals surface area (Å²) in [4.78, 5) is 49.5. The maximum Gasteiger partial charge on any atom is 0.342 e. The monoisotopic (exact) mass is 540 g/mol. The molecule has 4 aliphatic rings. The minimum atomic E-state index is -2.05. The van der Waals surface area contributed by atoms with Crippen LogP contribution in [-0.2, 0) is 42.9 Å². The number of carbonyl (C=O) groups excluding carboxylic acids is 4. The van der Waals surface area contributed by atoms with E-state index in [-0.39, 0.29) is 12.8 Å². The fraction of sp³-hybridized carbons (Fsp3) is 0.769. The van der Waals surface area contributed by atoms with E-state index in [9.17, 15) is 34.5 Å². The highest BCUT2D eigenvalue weighted by Crippen LogP contribution is 2.65. The highest BCUT2D eigenvalue weighted by Gasteiger charge is 2.87. The van der Waals surface area contributed by atoms with Crippen LogP contribution >= 0.6 is 0 Å². The normalized spacial score (nSPS) is 49.2. The Hall–Kier alpha value is -2.54. The van der Waals surface area contributed by atoms with Crippen molar-refractivity contribution < 1.29 is 58.2 Å². The summed E-state index contributed by atoms with van der Waals surface area (Å²) in [6.45, 7) is 9.53. The van der Waals surface area contributed by atoms with Crippen LogP contribution in [0, 0.1) is 11.3 Å². The molecule has 0 radical (unpaired) electrons. The van der Waals surface area contributed by atoms with Crippen LogP contribution < -0.4 is 0 Å². The number of hydrogen-bond donors (Lipinski definition) is 3. The van der Waals surface area contributed by atoms with Gasteiger partial charge in [-0.2, -0.15) is 0 Å². The molecular formula is C26H36O12. The zero-order chi connectivity index (χ0) is 28.6. The van der Waals surface area contributed by atoms with Crippen LogP contribution in [-0.4, -0.2) is 92.6 Å². The second-order valence-electron chi connectivity index (χ2n) is 11.5. The Morgan fingerprint density at radius 1 is 0.947 bits per heavy atom. The van der Waals surface area contributed by atoms with Crippen LogP contribution in [0.25, 0.3) is 0 Å². The number of aliphatic hydroxyl groups is 3. The molecule has 2 aliphatic heterocycles. The van der Waals surface area contributed by atoms with Gasteiger partial charge in [0.1, 0.15) is 18.3 Å². The predicted molar refractivity (Wildman–Crippen MR) is 126 cm³/mol. The van der Waals surface area contributed by atoms with Gasteiger partial charge in [-0.3, -0.25) is 14.4 Å². The van der Waals surface area contributed by atoms with E-state index in [2.05, 4.69) is 0 Å². The molecule has 12 nitrogen and oxygen atoms in total. The smallest absolute Gasteiger partial charge is 0.342 e. The molecule has 3 fully saturated rings. The maximum atomic E-state index is 12.9. The van der Waals surface area contributed by atoms with E-state index in [1.54, 1.807) is 13.8 Å². The van der Waals surface area contributed by atoms with Gasteiger partial charge in [-0.05, 0) is 32.4 Å². The molecule has 212 valence electrons. The second kappa shape index (κ2) is 9.00. The lowest BCUT2D eigenvalue weighted by Crippen LogP contribution is -2.72. The molecule has 38 heavy (non-hydrogen) atoms. The summed E-state index contributed by atoms with van der Waals surface area (Å²) in [6, 6.07) is 0. The zero-order valence-corrected chi connectivity index (χ0v) is 22.5. The van der Waals surface area contributed by atoms with E-state index in [1.165, 1.54) is 40.7 Å². The van der Waals surface area contributed by atoms with Gasteiger partial charge in [0, 0.05) is 39.5 Å². The second-order valence-corrected chi connectivity index (χ2v) is 11.5. The van der Waals surface area contributed by atoms with Crippen molar-refractivity contribution in [1.82, 2.24) is 0 Å². The van der Waals surface area contributed by atoms with Gasteiger partial charge in [-0.1, -0.05) is 6.92 Å². The molecule has 2 heterocycles. The first-order valence-electron chi connectivity index (χ1n) is 12.6.